The topological polar surface area (TPSA) is 38.0 Å². The molecule has 0 fully saturated rings. The summed E-state index contributed by atoms with van der Waals surface area (Å²) in [6.45, 7) is 0. The zero-order chi connectivity index (χ0) is 13.0. The lowest BCUT2D eigenvalue weighted by Gasteiger charge is -2.16. The van der Waals surface area contributed by atoms with Crippen LogP contribution in [0.15, 0.2) is 48.5 Å². The molecule has 0 radical (unpaired) electrons. The summed E-state index contributed by atoms with van der Waals surface area (Å²) in [5.41, 5.74) is 5.21. The third-order valence-corrected chi connectivity index (χ3v) is 3.76. The second-order valence-electron chi connectivity index (χ2n) is 4.10. The predicted molar refractivity (Wildman–Crippen MR) is 84.4 cm³/mol. The van der Waals surface area contributed by atoms with Gasteiger partial charge in [-0.3, -0.25) is 11.3 Å². The second-order valence-corrected chi connectivity index (χ2v) is 5.79. The van der Waals surface area contributed by atoms with Crippen LogP contribution in [0.25, 0.3) is 0 Å². The quantitative estimate of drug-likeness (QED) is 0.488. The minimum atomic E-state index is 0.0977. The van der Waals surface area contributed by atoms with Crippen LogP contribution in [0.2, 0.25) is 5.02 Å². The van der Waals surface area contributed by atoms with Gasteiger partial charge >= 0.3 is 0 Å². The molecule has 0 aromatic heterocycles. The van der Waals surface area contributed by atoms with E-state index in [4.69, 9.17) is 17.4 Å². The molecule has 0 amide bonds. The van der Waals surface area contributed by atoms with Gasteiger partial charge in [0.05, 0.1) is 0 Å². The molecule has 0 spiro atoms. The summed E-state index contributed by atoms with van der Waals surface area (Å²) in [5.74, 6) is 5.64. The van der Waals surface area contributed by atoms with Crippen molar-refractivity contribution in [3.05, 3.63) is 68.3 Å². The Morgan fingerprint density at radius 3 is 2.50 bits per heavy atom. The van der Waals surface area contributed by atoms with Crippen LogP contribution in [0.5, 0.6) is 0 Å². The summed E-state index contributed by atoms with van der Waals surface area (Å²) in [4.78, 5) is 0. The number of hydrogen-bond acceptors (Lipinski definition) is 2. The molecule has 0 aliphatic heterocycles. The van der Waals surface area contributed by atoms with Crippen molar-refractivity contribution in [2.45, 2.75) is 12.5 Å². The lowest BCUT2D eigenvalue weighted by atomic mass is 9.99. The summed E-state index contributed by atoms with van der Waals surface area (Å²) in [6.07, 6.45) is 0.817. The van der Waals surface area contributed by atoms with E-state index in [-0.39, 0.29) is 6.04 Å². The molecule has 1 unspecified atom stereocenters. The van der Waals surface area contributed by atoms with E-state index < -0.39 is 0 Å². The van der Waals surface area contributed by atoms with Crippen LogP contribution >= 0.6 is 34.2 Å². The van der Waals surface area contributed by atoms with Crippen LogP contribution < -0.4 is 11.3 Å². The van der Waals surface area contributed by atoms with Crippen LogP contribution in [0.3, 0.4) is 0 Å². The SMILES string of the molecule is NNC(Cc1cccc(Cl)c1)c1ccc(I)cc1. The summed E-state index contributed by atoms with van der Waals surface area (Å²) >= 11 is 8.28. The smallest absolute Gasteiger partial charge is 0.0500 e. The first-order valence-electron chi connectivity index (χ1n) is 5.65. The van der Waals surface area contributed by atoms with Gasteiger partial charge in [-0.05, 0) is 64.4 Å². The molecule has 94 valence electrons. The fourth-order valence-electron chi connectivity index (χ4n) is 1.87. The van der Waals surface area contributed by atoms with E-state index in [1.54, 1.807) is 0 Å². The molecule has 0 bridgehead atoms. The number of nitrogens with one attached hydrogen (secondary N) is 1. The zero-order valence-corrected chi connectivity index (χ0v) is 12.6. The van der Waals surface area contributed by atoms with E-state index in [1.807, 2.05) is 18.2 Å². The predicted octanol–water partition coefficient (Wildman–Crippen LogP) is 3.69. The Morgan fingerprint density at radius 2 is 1.89 bits per heavy atom. The Kier molecular flexibility index (Phi) is 5.00. The minimum absolute atomic E-state index is 0.0977. The largest absolute Gasteiger partial charge is 0.271 e. The minimum Gasteiger partial charge on any atom is -0.271 e. The summed E-state index contributed by atoms with van der Waals surface area (Å²) in [5, 5.41) is 0.755. The van der Waals surface area contributed by atoms with Crippen molar-refractivity contribution >= 4 is 34.2 Å². The van der Waals surface area contributed by atoms with Crippen LogP contribution in [-0.4, -0.2) is 0 Å². The molecule has 4 heteroatoms. The zero-order valence-electron chi connectivity index (χ0n) is 9.74. The van der Waals surface area contributed by atoms with E-state index >= 15 is 0 Å². The van der Waals surface area contributed by atoms with Gasteiger partial charge in [0.1, 0.15) is 0 Å². The Morgan fingerprint density at radius 1 is 1.17 bits per heavy atom. The van der Waals surface area contributed by atoms with Crippen molar-refractivity contribution in [2.24, 2.45) is 5.84 Å². The molecular weight excluding hydrogens is 359 g/mol. The van der Waals surface area contributed by atoms with Gasteiger partial charge in [0.2, 0.25) is 0 Å². The first-order valence-corrected chi connectivity index (χ1v) is 7.11. The van der Waals surface area contributed by atoms with E-state index in [0.29, 0.717) is 0 Å². The molecule has 2 nitrogen and oxygen atoms in total. The maximum absolute atomic E-state index is 5.99. The Bertz CT molecular complexity index is 513. The van der Waals surface area contributed by atoms with Crippen LogP contribution in [-0.2, 0) is 6.42 Å². The Hall–Kier alpha value is -0.620. The van der Waals surface area contributed by atoms with Gasteiger partial charge in [-0.25, -0.2) is 0 Å². The number of halogens is 2. The van der Waals surface area contributed by atoms with E-state index in [9.17, 15) is 0 Å². The van der Waals surface area contributed by atoms with Gasteiger partial charge in [-0.2, -0.15) is 0 Å². The Labute approximate surface area is 126 Å². The molecule has 0 aliphatic rings. The van der Waals surface area contributed by atoms with Gasteiger partial charge in [-0.15, -0.1) is 0 Å². The fraction of sp³-hybridized carbons (Fsp3) is 0.143. The maximum Gasteiger partial charge on any atom is 0.0500 e. The number of hydrogen-bond donors (Lipinski definition) is 2. The number of nitrogens with two attached hydrogens (primary N) is 1. The van der Waals surface area contributed by atoms with Gasteiger partial charge < -0.3 is 0 Å². The molecule has 2 aromatic carbocycles. The van der Waals surface area contributed by atoms with Crippen LogP contribution in [0.1, 0.15) is 17.2 Å². The molecule has 18 heavy (non-hydrogen) atoms. The third kappa shape index (κ3) is 3.68. The summed E-state index contributed by atoms with van der Waals surface area (Å²) < 4.78 is 1.22. The van der Waals surface area contributed by atoms with Crippen molar-refractivity contribution < 1.29 is 0 Å². The highest BCUT2D eigenvalue weighted by molar-refractivity contribution is 14.1. The number of rotatable bonds is 4. The summed E-state index contributed by atoms with van der Waals surface area (Å²) in [6, 6.07) is 16.3. The second kappa shape index (κ2) is 6.52. The van der Waals surface area contributed by atoms with Crippen molar-refractivity contribution in [2.75, 3.05) is 0 Å². The van der Waals surface area contributed by atoms with Gasteiger partial charge in [-0.1, -0.05) is 35.9 Å². The van der Waals surface area contributed by atoms with Crippen molar-refractivity contribution in [3.63, 3.8) is 0 Å². The maximum atomic E-state index is 5.99. The standard InChI is InChI=1S/C14H14ClIN2/c15-12-3-1-2-10(8-12)9-14(18-17)11-4-6-13(16)7-5-11/h1-8,14,18H,9,17H2. The molecule has 0 saturated carbocycles. The molecule has 2 rings (SSSR count). The van der Waals surface area contributed by atoms with Crippen LogP contribution in [0, 0.1) is 3.57 Å². The normalized spacial score (nSPS) is 12.4. The first-order chi connectivity index (χ1) is 8.69. The van der Waals surface area contributed by atoms with Crippen LogP contribution in [0.4, 0.5) is 0 Å². The van der Waals surface area contributed by atoms with Crippen molar-refractivity contribution in [3.8, 4) is 0 Å². The molecule has 3 N–H and O–H groups in total. The van der Waals surface area contributed by atoms with Gasteiger partial charge in [0.15, 0.2) is 0 Å². The van der Waals surface area contributed by atoms with Crippen molar-refractivity contribution in [1.29, 1.82) is 0 Å². The summed E-state index contributed by atoms with van der Waals surface area (Å²) in [7, 11) is 0. The first kappa shape index (κ1) is 13.8. The van der Waals surface area contributed by atoms with Gasteiger partial charge in [0, 0.05) is 14.6 Å². The average molecular weight is 373 g/mol. The Balaban J connectivity index is 2.17. The van der Waals surface area contributed by atoms with Crippen molar-refractivity contribution in [1.82, 2.24) is 5.43 Å². The highest BCUT2D eigenvalue weighted by Crippen LogP contribution is 2.20. The molecule has 2 aromatic rings. The molecule has 0 heterocycles. The van der Waals surface area contributed by atoms with Gasteiger partial charge in [0.25, 0.3) is 0 Å². The molecular formula is C14H14ClIN2. The average Bonchev–Trinajstić information content (AvgIpc) is 2.37. The highest BCUT2D eigenvalue weighted by Gasteiger charge is 2.10. The monoisotopic (exact) mass is 372 g/mol. The number of hydrazine groups is 1. The molecule has 0 saturated heterocycles. The highest BCUT2D eigenvalue weighted by atomic mass is 127. The van der Waals surface area contributed by atoms with E-state index in [0.717, 1.165) is 11.4 Å². The lowest BCUT2D eigenvalue weighted by Crippen LogP contribution is -2.29. The third-order valence-electron chi connectivity index (χ3n) is 2.80. The van der Waals surface area contributed by atoms with E-state index in [2.05, 4.69) is 58.3 Å². The fourth-order valence-corrected chi connectivity index (χ4v) is 2.44. The molecule has 1 atom stereocenters. The molecule has 0 aliphatic carbocycles. The number of benzene rings is 2. The lowest BCUT2D eigenvalue weighted by molar-refractivity contribution is 0.552. The van der Waals surface area contributed by atoms with E-state index in [1.165, 1.54) is 14.7 Å².